The van der Waals surface area contributed by atoms with Crippen LogP contribution in [0.25, 0.3) is 11.5 Å². The van der Waals surface area contributed by atoms with Gasteiger partial charge in [-0.2, -0.15) is 5.10 Å². The zero-order valence-electron chi connectivity index (χ0n) is 20.3. The summed E-state index contributed by atoms with van der Waals surface area (Å²) >= 11 is 0. The number of hydrogen-bond donors (Lipinski definition) is 2. The van der Waals surface area contributed by atoms with Crippen molar-refractivity contribution in [1.29, 1.82) is 0 Å². The van der Waals surface area contributed by atoms with Gasteiger partial charge in [-0.25, -0.2) is 9.97 Å². The molecule has 2 N–H and O–H groups in total. The van der Waals surface area contributed by atoms with Crippen molar-refractivity contribution >= 4 is 17.4 Å². The molecule has 0 aromatic carbocycles. The van der Waals surface area contributed by atoms with Crippen molar-refractivity contribution in [2.24, 2.45) is 11.8 Å². The first kappa shape index (κ1) is 22.6. The van der Waals surface area contributed by atoms with Crippen molar-refractivity contribution < 1.29 is 9.21 Å². The predicted molar refractivity (Wildman–Crippen MR) is 132 cm³/mol. The number of carbonyl (C=O) groups excluding carboxylic acids is 1. The van der Waals surface area contributed by atoms with Gasteiger partial charge in [-0.3, -0.25) is 9.48 Å². The Hall–Kier alpha value is -3.16. The number of oxazole rings is 1. The monoisotopic (exact) mass is 462 g/mol. The molecule has 2 aliphatic rings. The van der Waals surface area contributed by atoms with Gasteiger partial charge in [-0.15, -0.1) is 0 Å². The SMILES string of the molecule is CC1CCC(n2cc(NC(=O)c3coc(-c4ccnc(NCC5CC5)c4)n3)c(C(C)C)n2)CC1. The maximum atomic E-state index is 13.0. The molecule has 0 saturated heterocycles. The minimum Gasteiger partial charge on any atom is -0.444 e. The summed E-state index contributed by atoms with van der Waals surface area (Å²) in [6.07, 6.45) is 12.4. The highest BCUT2D eigenvalue weighted by molar-refractivity contribution is 6.03. The number of anilines is 2. The average Bonchev–Trinajstić information content (AvgIpc) is 3.35. The van der Waals surface area contributed by atoms with Crippen LogP contribution in [0.1, 0.15) is 87.4 Å². The number of hydrogen-bond acceptors (Lipinski definition) is 6. The summed E-state index contributed by atoms with van der Waals surface area (Å²) in [5.74, 6) is 2.63. The summed E-state index contributed by atoms with van der Waals surface area (Å²) in [7, 11) is 0. The Morgan fingerprint density at radius 3 is 2.74 bits per heavy atom. The van der Waals surface area contributed by atoms with Crippen LogP contribution in [0.5, 0.6) is 0 Å². The fourth-order valence-electron chi connectivity index (χ4n) is 4.55. The maximum Gasteiger partial charge on any atom is 0.277 e. The van der Waals surface area contributed by atoms with Crippen LogP contribution in [0.4, 0.5) is 11.5 Å². The number of nitrogens with zero attached hydrogens (tertiary/aromatic N) is 4. The molecule has 0 unspecified atom stereocenters. The van der Waals surface area contributed by atoms with Crippen molar-refractivity contribution in [3.8, 4) is 11.5 Å². The van der Waals surface area contributed by atoms with E-state index >= 15 is 0 Å². The largest absolute Gasteiger partial charge is 0.444 e. The molecule has 180 valence electrons. The quantitative estimate of drug-likeness (QED) is 0.434. The van der Waals surface area contributed by atoms with E-state index < -0.39 is 0 Å². The molecule has 0 spiro atoms. The number of pyridine rings is 1. The van der Waals surface area contributed by atoms with Crippen molar-refractivity contribution in [1.82, 2.24) is 19.7 Å². The van der Waals surface area contributed by atoms with Crippen molar-refractivity contribution in [3.05, 3.63) is 42.2 Å². The van der Waals surface area contributed by atoms with Gasteiger partial charge < -0.3 is 15.1 Å². The predicted octanol–water partition coefficient (Wildman–Crippen LogP) is 5.88. The summed E-state index contributed by atoms with van der Waals surface area (Å²) in [5.41, 5.74) is 2.68. The van der Waals surface area contributed by atoms with Gasteiger partial charge in [0.1, 0.15) is 12.1 Å². The van der Waals surface area contributed by atoms with E-state index in [9.17, 15) is 4.79 Å². The minimum atomic E-state index is -0.296. The number of nitrogens with one attached hydrogen (secondary N) is 2. The van der Waals surface area contributed by atoms with Crippen LogP contribution < -0.4 is 10.6 Å². The Balaban J connectivity index is 1.29. The number of rotatable bonds is 8. The topological polar surface area (TPSA) is 97.9 Å². The lowest BCUT2D eigenvalue weighted by atomic mass is 9.87. The molecule has 1 amide bonds. The molecule has 2 fully saturated rings. The number of carbonyl (C=O) groups is 1. The first-order valence-corrected chi connectivity index (χ1v) is 12.5. The summed E-state index contributed by atoms with van der Waals surface area (Å²) in [6, 6.07) is 4.14. The van der Waals surface area contributed by atoms with Gasteiger partial charge in [0, 0.05) is 24.5 Å². The summed E-state index contributed by atoms with van der Waals surface area (Å²) < 4.78 is 7.70. The smallest absolute Gasteiger partial charge is 0.277 e. The lowest BCUT2D eigenvalue weighted by molar-refractivity contribution is 0.102. The molecule has 0 radical (unpaired) electrons. The van der Waals surface area contributed by atoms with E-state index in [1.54, 1.807) is 6.20 Å². The van der Waals surface area contributed by atoms with Crippen LogP contribution in [0.3, 0.4) is 0 Å². The standard InChI is InChI=1S/C26H34N6O2/c1-16(2)24-21(14-32(31-24)20-8-4-17(3)5-9-20)29-25(33)22-15-34-26(30-22)19-10-11-27-23(12-19)28-13-18-6-7-18/h10-12,14-18,20H,4-9,13H2,1-3H3,(H,27,28)(H,29,33). The molecule has 5 rings (SSSR count). The molecular weight excluding hydrogens is 428 g/mol. The Morgan fingerprint density at radius 1 is 1.21 bits per heavy atom. The molecule has 8 nitrogen and oxygen atoms in total. The first-order valence-electron chi connectivity index (χ1n) is 12.5. The molecule has 3 aromatic rings. The number of amides is 1. The molecule has 2 aliphatic carbocycles. The molecular formula is C26H34N6O2. The zero-order valence-corrected chi connectivity index (χ0v) is 20.3. The van der Waals surface area contributed by atoms with E-state index in [0.29, 0.717) is 11.9 Å². The second-order valence-corrected chi connectivity index (χ2v) is 10.2. The second kappa shape index (κ2) is 9.60. The molecule has 0 atom stereocenters. The Kier molecular flexibility index (Phi) is 6.39. The number of aromatic nitrogens is 4. The second-order valence-electron chi connectivity index (χ2n) is 10.2. The van der Waals surface area contributed by atoms with Crippen LogP contribution in [-0.4, -0.2) is 32.2 Å². The van der Waals surface area contributed by atoms with Crippen LogP contribution in [0.2, 0.25) is 0 Å². The Bertz CT molecular complexity index is 1140. The normalized spacial score (nSPS) is 20.5. The fourth-order valence-corrected chi connectivity index (χ4v) is 4.55. The molecule has 3 aromatic heterocycles. The van der Waals surface area contributed by atoms with Gasteiger partial charge in [0.15, 0.2) is 5.69 Å². The molecule has 0 aliphatic heterocycles. The van der Waals surface area contributed by atoms with Gasteiger partial charge in [0.25, 0.3) is 5.91 Å². The Labute approximate surface area is 200 Å². The van der Waals surface area contributed by atoms with E-state index in [4.69, 9.17) is 9.52 Å². The summed E-state index contributed by atoms with van der Waals surface area (Å²) in [6.45, 7) is 7.44. The molecule has 2 saturated carbocycles. The summed E-state index contributed by atoms with van der Waals surface area (Å²) in [5, 5.41) is 11.2. The van der Waals surface area contributed by atoms with Gasteiger partial charge in [-0.05, 0) is 68.4 Å². The molecule has 3 heterocycles. The molecule has 8 heteroatoms. The van der Waals surface area contributed by atoms with Crippen LogP contribution in [0, 0.1) is 11.8 Å². The van der Waals surface area contributed by atoms with Gasteiger partial charge >= 0.3 is 0 Å². The zero-order chi connectivity index (χ0) is 23.7. The third-order valence-corrected chi connectivity index (χ3v) is 6.93. The van der Waals surface area contributed by atoms with Crippen molar-refractivity contribution in [3.63, 3.8) is 0 Å². The van der Waals surface area contributed by atoms with Crippen molar-refractivity contribution in [2.45, 2.75) is 71.3 Å². The first-order chi connectivity index (χ1) is 16.5. The lowest BCUT2D eigenvalue weighted by Crippen LogP contribution is -2.17. The fraction of sp³-hybridized carbons (Fsp3) is 0.538. The van der Waals surface area contributed by atoms with Crippen LogP contribution in [0.15, 0.2) is 35.2 Å². The van der Waals surface area contributed by atoms with Crippen molar-refractivity contribution in [2.75, 3.05) is 17.2 Å². The van der Waals surface area contributed by atoms with Crippen LogP contribution in [-0.2, 0) is 0 Å². The van der Waals surface area contributed by atoms with E-state index in [2.05, 4.69) is 46.1 Å². The third-order valence-electron chi connectivity index (χ3n) is 6.93. The third kappa shape index (κ3) is 5.16. The Morgan fingerprint density at radius 2 is 2.00 bits per heavy atom. The van der Waals surface area contributed by atoms with Crippen LogP contribution >= 0.6 is 0 Å². The van der Waals surface area contributed by atoms with Gasteiger partial charge in [0.2, 0.25) is 5.89 Å². The average molecular weight is 463 g/mol. The van der Waals surface area contributed by atoms with Gasteiger partial charge in [-0.1, -0.05) is 20.8 Å². The van der Waals surface area contributed by atoms with E-state index in [-0.39, 0.29) is 17.5 Å². The highest BCUT2D eigenvalue weighted by Crippen LogP contribution is 2.34. The van der Waals surface area contributed by atoms with Gasteiger partial charge in [0.05, 0.1) is 17.4 Å². The van der Waals surface area contributed by atoms with E-state index in [1.165, 1.54) is 31.9 Å². The highest BCUT2D eigenvalue weighted by Gasteiger charge is 2.24. The maximum absolute atomic E-state index is 13.0. The summed E-state index contributed by atoms with van der Waals surface area (Å²) in [4.78, 5) is 21.8. The molecule has 0 bridgehead atoms. The van der Waals surface area contributed by atoms with E-state index in [1.807, 2.05) is 18.3 Å². The van der Waals surface area contributed by atoms with E-state index in [0.717, 1.165) is 54.0 Å². The lowest BCUT2D eigenvalue weighted by Gasteiger charge is -2.26. The molecule has 34 heavy (non-hydrogen) atoms. The minimum absolute atomic E-state index is 0.199. The highest BCUT2D eigenvalue weighted by atomic mass is 16.3.